The Balaban J connectivity index is 2.18. The van der Waals surface area contributed by atoms with E-state index in [4.69, 9.17) is 9.47 Å². The smallest absolute Gasteiger partial charge is 0.286 e. The highest BCUT2D eigenvalue weighted by molar-refractivity contribution is 5.96. The summed E-state index contributed by atoms with van der Waals surface area (Å²) >= 11 is 0. The first-order valence-corrected chi connectivity index (χ1v) is 4.40. The third kappa shape index (κ3) is 1.31. The van der Waals surface area contributed by atoms with Crippen LogP contribution in [0.5, 0.6) is 0 Å². The summed E-state index contributed by atoms with van der Waals surface area (Å²) in [6.07, 6.45) is 3.58. The van der Waals surface area contributed by atoms with Crippen LogP contribution in [0.4, 0.5) is 0 Å². The van der Waals surface area contributed by atoms with Crippen LogP contribution in [0.25, 0.3) is 0 Å². The lowest BCUT2D eigenvalue weighted by atomic mass is 9.94. The van der Waals surface area contributed by atoms with Gasteiger partial charge < -0.3 is 9.47 Å². The largest absolute Gasteiger partial charge is 0.462 e. The molecule has 12 heavy (non-hydrogen) atoms. The van der Waals surface area contributed by atoms with E-state index in [0.717, 1.165) is 24.8 Å². The fourth-order valence-electron chi connectivity index (χ4n) is 1.58. The second-order valence-electron chi connectivity index (χ2n) is 3.09. The van der Waals surface area contributed by atoms with Crippen molar-refractivity contribution in [1.29, 1.82) is 0 Å². The van der Waals surface area contributed by atoms with Crippen LogP contribution in [0.3, 0.4) is 0 Å². The zero-order valence-electron chi connectivity index (χ0n) is 6.97. The maximum atomic E-state index is 11.4. The van der Waals surface area contributed by atoms with Gasteiger partial charge in [-0.1, -0.05) is 0 Å². The van der Waals surface area contributed by atoms with Crippen LogP contribution in [-0.4, -0.2) is 19.0 Å². The predicted octanol–water partition coefficient (Wildman–Crippen LogP) is 1.39. The third-order valence-corrected chi connectivity index (χ3v) is 2.21. The van der Waals surface area contributed by atoms with E-state index < -0.39 is 0 Å². The molecule has 3 nitrogen and oxygen atoms in total. The van der Waals surface area contributed by atoms with Gasteiger partial charge in [-0.25, -0.2) is 0 Å². The molecule has 1 aliphatic heterocycles. The number of hydrogen-bond acceptors (Lipinski definition) is 3. The Bertz CT molecular complexity index is 222. The summed E-state index contributed by atoms with van der Waals surface area (Å²) in [5.74, 6) is 0.706. The summed E-state index contributed by atoms with van der Waals surface area (Å²) < 4.78 is 10.4. The van der Waals surface area contributed by atoms with E-state index in [1.807, 2.05) is 0 Å². The Kier molecular flexibility index (Phi) is 2.02. The minimum atomic E-state index is 0.207. The van der Waals surface area contributed by atoms with Crippen molar-refractivity contribution in [2.75, 3.05) is 13.2 Å². The molecule has 0 aromatic rings. The van der Waals surface area contributed by atoms with E-state index in [2.05, 4.69) is 0 Å². The van der Waals surface area contributed by atoms with Crippen molar-refractivity contribution in [3.63, 3.8) is 0 Å². The highest BCUT2D eigenvalue weighted by Crippen LogP contribution is 2.25. The minimum Gasteiger partial charge on any atom is -0.462 e. The van der Waals surface area contributed by atoms with Crippen LogP contribution in [0.15, 0.2) is 11.5 Å². The van der Waals surface area contributed by atoms with Crippen LogP contribution in [0, 0.1) is 0 Å². The maximum absolute atomic E-state index is 11.4. The Labute approximate surface area is 71.3 Å². The quantitative estimate of drug-likeness (QED) is 0.513. The molecule has 1 heterocycles. The molecule has 0 radical (unpaired) electrons. The van der Waals surface area contributed by atoms with E-state index in [0.29, 0.717) is 25.6 Å². The van der Waals surface area contributed by atoms with Crippen LogP contribution < -0.4 is 0 Å². The van der Waals surface area contributed by atoms with Crippen molar-refractivity contribution in [2.24, 2.45) is 0 Å². The molecule has 0 N–H and O–H groups in total. The van der Waals surface area contributed by atoms with Gasteiger partial charge in [-0.05, 0) is 19.3 Å². The summed E-state index contributed by atoms with van der Waals surface area (Å²) in [5.41, 5.74) is 0.777. The number of ketones is 1. The molecule has 0 bridgehead atoms. The SMILES string of the molecule is O=C1CCCCC1=C1OCCO1. The summed E-state index contributed by atoms with van der Waals surface area (Å²) in [5, 5.41) is 0. The van der Waals surface area contributed by atoms with E-state index >= 15 is 0 Å². The molecule has 1 saturated carbocycles. The Morgan fingerprint density at radius 3 is 2.33 bits per heavy atom. The number of hydrogen-bond donors (Lipinski definition) is 0. The van der Waals surface area contributed by atoms with Gasteiger partial charge in [-0.3, -0.25) is 4.79 Å². The van der Waals surface area contributed by atoms with Gasteiger partial charge in [-0.2, -0.15) is 0 Å². The highest BCUT2D eigenvalue weighted by atomic mass is 16.7. The summed E-state index contributed by atoms with van der Waals surface area (Å²) in [6, 6.07) is 0. The molecule has 0 aromatic heterocycles. The van der Waals surface area contributed by atoms with Crippen molar-refractivity contribution >= 4 is 5.78 Å². The standard InChI is InChI=1S/C9H12O3/c10-8-4-2-1-3-7(8)9-11-5-6-12-9/h1-6H2. The van der Waals surface area contributed by atoms with Gasteiger partial charge in [0.05, 0.1) is 5.57 Å². The fourth-order valence-corrected chi connectivity index (χ4v) is 1.58. The lowest BCUT2D eigenvalue weighted by Gasteiger charge is -2.13. The molecule has 0 unspecified atom stereocenters. The first-order valence-electron chi connectivity index (χ1n) is 4.40. The number of rotatable bonds is 0. The van der Waals surface area contributed by atoms with Gasteiger partial charge in [-0.15, -0.1) is 0 Å². The summed E-state index contributed by atoms with van der Waals surface area (Å²) in [4.78, 5) is 11.4. The monoisotopic (exact) mass is 168 g/mol. The summed E-state index contributed by atoms with van der Waals surface area (Å²) in [7, 11) is 0. The normalized spacial score (nSPS) is 23.8. The van der Waals surface area contributed by atoms with E-state index in [1.165, 1.54) is 0 Å². The van der Waals surface area contributed by atoms with Crippen molar-refractivity contribution in [3.8, 4) is 0 Å². The molecule has 66 valence electrons. The molecular weight excluding hydrogens is 156 g/mol. The maximum Gasteiger partial charge on any atom is 0.286 e. The van der Waals surface area contributed by atoms with E-state index in [-0.39, 0.29) is 5.78 Å². The van der Waals surface area contributed by atoms with Crippen LogP contribution in [0.2, 0.25) is 0 Å². The van der Waals surface area contributed by atoms with Crippen LogP contribution >= 0.6 is 0 Å². The van der Waals surface area contributed by atoms with Crippen molar-refractivity contribution in [2.45, 2.75) is 25.7 Å². The Morgan fingerprint density at radius 1 is 1.00 bits per heavy atom. The molecule has 1 aliphatic carbocycles. The zero-order valence-corrected chi connectivity index (χ0v) is 6.97. The van der Waals surface area contributed by atoms with Gasteiger partial charge in [0.25, 0.3) is 5.95 Å². The molecule has 0 amide bonds. The number of carbonyl (C=O) groups excluding carboxylic acids is 1. The van der Waals surface area contributed by atoms with Crippen LogP contribution in [-0.2, 0) is 14.3 Å². The lowest BCUT2D eigenvalue weighted by molar-refractivity contribution is -0.117. The molecule has 0 spiro atoms. The van der Waals surface area contributed by atoms with Crippen molar-refractivity contribution < 1.29 is 14.3 Å². The average Bonchev–Trinajstić information content (AvgIpc) is 2.57. The van der Waals surface area contributed by atoms with Gasteiger partial charge in [0.15, 0.2) is 5.78 Å². The number of allylic oxidation sites excluding steroid dienone is 1. The first-order chi connectivity index (χ1) is 5.88. The van der Waals surface area contributed by atoms with Crippen LogP contribution in [0.1, 0.15) is 25.7 Å². The Hall–Kier alpha value is -0.990. The average molecular weight is 168 g/mol. The molecule has 2 rings (SSSR count). The third-order valence-electron chi connectivity index (χ3n) is 2.21. The molecule has 3 heteroatoms. The molecule has 2 fully saturated rings. The number of Topliss-reactive ketones (excluding diaryl/α,β-unsaturated/α-hetero) is 1. The molecular formula is C9H12O3. The van der Waals surface area contributed by atoms with Gasteiger partial charge in [0, 0.05) is 6.42 Å². The number of carbonyl (C=O) groups is 1. The minimum absolute atomic E-state index is 0.207. The second-order valence-corrected chi connectivity index (χ2v) is 3.09. The van der Waals surface area contributed by atoms with E-state index in [9.17, 15) is 4.79 Å². The second kappa shape index (κ2) is 3.17. The molecule has 2 aliphatic rings. The fraction of sp³-hybridized carbons (Fsp3) is 0.667. The van der Waals surface area contributed by atoms with Gasteiger partial charge >= 0.3 is 0 Å². The van der Waals surface area contributed by atoms with Gasteiger partial charge in [0.2, 0.25) is 0 Å². The topological polar surface area (TPSA) is 35.5 Å². The van der Waals surface area contributed by atoms with Gasteiger partial charge in [0.1, 0.15) is 13.2 Å². The first kappa shape index (κ1) is 7.65. The summed E-state index contributed by atoms with van der Waals surface area (Å²) in [6.45, 7) is 1.18. The van der Waals surface area contributed by atoms with E-state index in [1.54, 1.807) is 0 Å². The number of ether oxygens (including phenoxy) is 2. The zero-order chi connectivity index (χ0) is 8.39. The highest BCUT2D eigenvalue weighted by Gasteiger charge is 2.23. The Morgan fingerprint density at radius 2 is 1.67 bits per heavy atom. The molecule has 0 atom stereocenters. The van der Waals surface area contributed by atoms with Crippen molar-refractivity contribution in [3.05, 3.63) is 11.5 Å². The lowest BCUT2D eigenvalue weighted by Crippen LogP contribution is -2.11. The van der Waals surface area contributed by atoms with Crippen molar-refractivity contribution in [1.82, 2.24) is 0 Å². The molecule has 1 saturated heterocycles. The molecule has 0 aromatic carbocycles. The predicted molar refractivity (Wildman–Crippen MR) is 42.4 cm³/mol.